The van der Waals surface area contributed by atoms with Crippen molar-refractivity contribution in [1.82, 2.24) is 10.2 Å². The van der Waals surface area contributed by atoms with Crippen LogP contribution in [0.3, 0.4) is 0 Å². The van der Waals surface area contributed by atoms with Crippen molar-refractivity contribution in [2.75, 3.05) is 26.2 Å². The summed E-state index contributed by atoms with van der Waals surface area (Å²) in [7, 11) is 0. The molecule has 142 valence electrons. The van der Waals surface area contributed by atoms with Gasteiger partial charge in [0.25, 0.3) is 0 Å². The summed E-state index contributed by atoms with van der Waals surface area (Å²) in [4.78, 5) is 2.43. The van der Waals surface area contributed by atoms with Gasteiger partial charge in [-0.3, -0.25) is 0 Å². The van der Waals surface area contributed by atoms with Gasteiger partial charge in [0.05, 0.1) is 0 Å². The third-order valence-electron chi connectivity index (χ3n) is 4.37. The van der Waals surface area contributed by atoms with E-state index >= 15 is 0 Å². The van der Waals surface area contributed by atoms with E-state index in [9.17, 15) is 4.39 Å². The van der Waals surface area contributed by atoms with E-state index in [2.05, 4.69) is 46.1 Å². The monoisotopic (exact) mass is 422 g/mol. The first-order chi connectivity index (χ1) is 12.6. The Labute approximate surface area is 164 Å². The molecule has 0 bridgehead atoms. The van der Waals surface area contributed by atoms with Crippen molar-refractivity contribution in [1.29, 1.82) is 0 Å². The van der Waals surface area contributed by atoms with Crippen LogP contribution in [0.2, 0.25) is 0 Å². The fraction of sp³-hybridized carbons (Fsp3) is 0.429. The molecule has 2 rings (SSSR count). The zero-order valence-electron chi connectivity index (χ0n) is 15.6. The highest BCUT2D eigenvalue weighted by molar-refractivity contribution is 9.10. The number of ether oxygens (including phenoxy) is 1. The molecule has 5 heteroatoms. The molecule has 0 saturated heterocycles. The van der Waals surface area contributed by atoms with Crippen LogP contribution < -0.4 is 10.1 Å². The summed E-state index contributed by atoms with van der Waals surface area (Å²) in [6.45, 7) is 9.87. The summed E-state index contributed by atoms with van der Waals surface area (Å²) in [5, 5.41) is 3.50. The van der Waals surface area contributed by atoms with Crippen molar-refractivity contribution >= 4 is 15.9 Å². The van der Waals surface area contributed by atoms with Crippen LogP contribution in [0.5, 0.6) is 5.75 Å². The predicted octanol–water partition coefficient (Wildman–Crippen LogP) is 4.99. The summed E-state index contributed by atoms with van der Waals surface area (Å²) in [5.41, 5.74) is 2.07. The van der Waals surface area contributed by atoms with Crippen molar-refractivity contribution in [3.8, 4) is 5.75 Å². The van der Waals surface area contributed by atoms with Crippen LogP contribution in [-0.2, 0) is 13.2 Å². The molecule has 2 aromatic carbocycles. The van der Waals surface area contributed by atoms with Crippen LogP contribution in [0.1, 0.15) is 31.4 Å². The maximum Gasteiger partial charge on any atom is 0.124 e. The zero-order chi connectivity index (χ0) is 18.8. The Hall–Kier alpha value is -1.43. The fourth-order valence-electron chi connectivity index (χ4n) is 2.76. The predicted molar refractivity (Wildman–Crippen MR) is 109 cm³/mol. The minimum Gasteiger partial charge on any atom is -0.489 e. The Kier molecular flexibility index (Phi) is 9.09. The van der Waals surface area contributed by atoms with Crippen molar-refractivity contribution in [2.24, 2.45) is 0 Å². The molecule has 0 amide bonds. The van der Waals surface area contributed by atoms with E-state index in [-0.39, 0.29) is 5.82 Å². The van der Waals surface area contributed by atoms with E-state index in [0.717, 1.165) is 60.5 Å². The molecule has 0 unspecified atom stereocenters. The topological polar surface area (TPSA) is 24.5 Å². The zero-order valence-corrected chi connectivity index (χ0v) is 17.2. The lowest BCUT2D eigenvalue weighted by molar-refractivity contribution is 0.295. The fourth-order valence-corrected chi connectivity index (χ4v) is 3.17. The summed E-state index contributed by atoms with van der Waals surface area (Å²) < 4.78 is 20.0. The molecular formula is C21H28BrFN2O. The van der Waals surface area contributed by atoms with Crippen LogP contribution in [0.25, 0.3) is 0 Å². The molecule has 0 spiro atoms. The maximum absolute atomic E-state index is 13.0. The minimum absolute atomic E-state index is 0.230. The smallest absolute Gasteiger partial charge is 0.124 e. The van der Waals surface area contributed by atoms with Gasteiger partial charge < -0.3 is 15.0 Å². The van der Waals surface area contributed by atoms with E-state index in [1.807, 2.05) is 12.1 Å². The van der Waals surface area contributed by atoms with Gasteiger partial charge in [0.2, 0.25) is 0 Å². The third-order valence-corrected chi connectivity index (χ3v) is 4.86. The molecule has 0 aliphatic rings. The number of hydrogen-bond donors (Lipinski definition) is 1. The molecule has 0 heterocycles. The number of nitrogens with zero attached hydrogens (tertiary/aromatic N) is 1. The molecule has 1 N–H and O–H groups in total. The first kappa shape index (κ1) is 20.9. The number of rotatable bonds is 11. The van der Waals surface area contributed by atoms with E-state index in [1.165, 1.54) is 12.1 Å². The summed E-state index contributed by atoms with van der Waals surface area (Å²) in [5.74, 6) is 0.626. The van der Waals surface area contributed by atoms with E-state index in [0.29, 0.717) is 6.61 Å². The molecule has 26 heavy (non-hydrogen) atoms. The lowest BCUT2D eigenvalue weighted by atomic mass is 10.2. The molecule has 0 radical (unpaired) electrons. The van der Waals surface area contributed by atoms with Gasteiger partial charge in [-0.25, -0.2) is 4.39 Å². The van der Waals surface area contributed by atoms with Crippen molar-refractivity contribution in [3.05, 3.63) is 63.9 Å². The first-order valence-corrected chi connectivity index (χ1v) is 10.0. The van der Waals surface area contributed by atoms with Crippen LogP contribution >= 0.6 is 15.9 Å². The largest absolute Gasteiger partial charge is 0.489 e. The normalized spacial score (nSPS) is 11.1. The van der Waals surface area contributed by atoms with Gasteiger partial charge in [0, 0.05) is 16.6 Å². The molecule has 0 aliphatic carbocycles. The maximum atomic E-state index is 13.0. The highest BCUT2D eigenvalue weighted by Crippen LogP contribution is 2.24. The molecule has 0 atom stereocenters. The number of halogens is 2. The van der Waals surface area contributed by atoms with Crippen molar-refractivity contribution in [2.45, 2.75) is 33.4 Å². The van der Waals surface area contributed by atoms with Crippen LogP contribution in [0, 0.1) is 5.82 Å². The first-order valence-electron chi connectivity index (χ1n) is 9.21. The second kappa shape index (κ2) is 11.3. The van der Waals surface area contributed by atoms with E-state index in [4.69, 9.17) is 4.74 Å². The van der Waals surface area contributed by atoms with Gasteiger partial charge in [-0.15, -0.1) is 0 Å². The molecule has 0 fully saturated rings. The highest BCUT2D eigenvalue weighted by atomic mass is 79.9. The number of benzene rings is 2. The molecule has 3 nitrogen and oxygen atoms in total. The summed E-state index contributed by atoms with van der Waals surface area (Å²) >= 11 is 3.53. The van der Waals surface area contributed by atoms with E-state index < -0.39 is 0 Å². The lowest BCUT2D eigenvalue weighted by Crippen LogP contribution is -2.27. The standard InChI is InChI=1S/C21H28BrFN2O/c1-3-25(4-2)13-5-12-24-15-18-14-19(22)8-11-21(18)26-16-17-6-9-20(23)10-7-17/h6-11,14,24H,3-5,12-13,15-16H2,1-2H3. The highest BCUT2D eigenvalue weighted by Gasteiger charge is 2.06. The van der Waals surface area contributed by atoms with Gasteiger partial charge in [-0.1, -0.05) is 41.9 Å². The summed E-state index contributed by atoms with van der Waals surface area (Å²) in [6.07, 6.45) is 1.13. The Morgan fingerprint density at radius 3 is 2.50 bits per heavy atom. The minimum atomic E-state index is -0.230. The molecular weight excluding hydrogens is 395 g/mol. The van der Waals surface area contributed by atoms with Crippen molar-refractivity contribution < 1.29 is 9.13 Å². The quantitative estimate of drug-likeness (QED) is 0.516. The Balaban J connectivity index is 1.85. The van der Waals surface area contributed by atoms with Gasteiger partial charge in [-0.2, -0.15) is 0 Å². The van der Waals surface area contributed by atoms with E-state index in [1.54, 1.807) is 12.1 Å². The lowest BCUT2D eigenvalue weighted by Gasteiger charge is -2.18. The Morgan fingerprint density at radius 2 is 1.81 bits per heavy atom. The van der Waals surface area contributed by atoms with Crippen LogP contribution in [-0.4, -0.2) is 31.1 Å². The average molecular weight is 423 g/mol. The second-order valence-corrected chi connectivity index (χ2v) is 7.14. The molecule has 2 aromatic rings. The summed E-state index contributed by atoms with van der Waals surface area (Å²) in [6, 6.07) is 12.4. The van der Waals surface area contributed by atoms with Gasteiger partial charge >= 0.3 is 0 Å². The Morgan fingerprint density at radius 1 is 1.08 bits per heavy atom. The molecule has 0 aromatic heterocycles. The Bertz CT molecular complexity index is 660. The second-order valence-electron chi connectivity index (χ2n) is 6.22. The van der Waals surface area contributed by atoms with Gasteiger partial charge in [-0.05, 0) is 68.5 Å². The van der Waals surface area contributed by atoms with Crippen molar-refractivity contribution in [3.63, 3.8) is 0 Å². The molecule has 0 saturated carbocycles. The van der Waals surface area contributed by atoms with Crippen LogP contribution in [0.15, 0.2) is 46.9 Å². The number of hydrogen-bond acceptors (Lipinski definition) is 3. The SMILES string of the molecule is CCN(CC)CCCNCc1cc(Br)ccc1OCc1ccc(F)cc1. The third kappa shape index (κ3) is 7.06. The van der Waals surface area contributed by atoms with Gasteiger partial charge in [0.1, 0.15) is 18.2 Å². The van der Waals surface area contributed by atoms with Crippen LogP contribution in [0.4, 0.5) is 4.39 Å². The average Bonchev–Trinajstić information content (AvgIpc) is 2.65. The number of nitrogens with one attached hydrogen (secondary N) is 1. The van der Waals surface area contributed by atoms with Gasteiger partial charge in [0.15, 0.2) is 0 Å². The molecule has 0 aliphatic heterocycles.